The van der Waals surface area contributed by atoms with E-state index in [1.807, 2.05) is 30.3 Å². The average molecular weight is 266 g/mol. The minimum atomic E-state index is -2.84. The van der Waals surface area contributed by atoms with Crippen LogP contribution in [-0.4, -0.2) is 13.4 Å². The van der Waals surface area contributed by atoms with Crippen molar-refractivity contribution in [1.29, 1.82) is 0 Å². The van der Waals surface area contributed by atoms with Crippen molar-refractivity contribution in [3.63, 3.8) is 0 Å². The van der Waals surface area contributed by atoms with Crippen molar-refractivity contribution in [1.82, 2.24) is 0 Å². The Hall–Kier alpha value is -0.643. The van der Waals surface area contributed by atoms with Crippen LogP contribution >= 0.6 is 0 Å². The van der Waals surface area contributed by atoms with E-state index in [-0.39, 0.29) is 10.1 Å². The van der Waals surface area contributed by atoms with Crippen molar-refractivity contribution < 1.29 is 9.22 Å². The lowest BCUT2D eigenvalue weighted by molar-refractivity contribution is 0.170. The quantitative estimate of drug-likeness (QED) is 0.829. The molecular formula is C15H26O2Si. The highest BCUT2D eigenvalue weighted by Crippen LogP contribution is 2.49. The average Bonchev–Trinajstić information content (AvgIpc) is 2.24. The van der Waals surface area contributed by atoms with Gasteiger partial charge in [-0.15, -0.1) is 0 Å². The molecule has 0 aliphatic rings. The second kappa shape index (κ2) is 5.15. The summed E-state index contributed by atoms with van der Waals surface area (Å²) in [5.74, 6) is 0. The summed E-state index contributed by atoms with van der Waals surface area (Å²) in [5, 5.41) is -0.417. The molecule has 1 N–H and O–H groups in total. The molecule has 0 bridgehead atoms. The predicted molar refractivity (Wildman–Crippen MR) is 78.6 cm³/mol. The number of rotatable bonds is 3. The van der Waals surface area contributed by atoms with Gasteiger partial charge in [0.2, 0.25) is 0 Å². The molecule has 0 spiro atoms. The first kappa shape index (κ1) is 15.4. The van der Waals surface area contributed by atoms with E-state index < -0.39 is 8.56 Å². The van der Waals surface area contributed by atoms with Gasteiger partial charge >= 0.3 is 8.56 Å². The Kier molecular flexibility index (Phi) is 4.41. The van der Waals surface area contributed by atoms with Crippen LogP contribution in [0.3, 0.4) is 0 Å². The maximum absolute atomic E-state index is 11.1. The van der Waals surface area contributed by atoms with E-state index in [0.29, 0.717) is 6.61 Å². The van der Waals surface area contributed by atoms with Crippen LogP contribution in [-0.2, 0) is 11.0 Å². The molecule has 0 heterocycles. The summed E-state index contributed by atoms with van der Waals surface area (Å²) in [7, 11) is -2.84. The molecule has 0 aromatic heterocycles. The minimum Gasteiger partial charge on any atom is -0.410 e. The molecule has 1 aromatic carbocycles. The third-order valence-corrected chi connectivity index (χ3v) is 7.95. The van der Waals surface area contributed by atoms with E-state index in [0.717, 1.165) is 5.56 Å². The highest BCUT2D eigenvalue weighted by Gasteiger charge is 2.55. The second-order valence-electron chi connectivity index (χ2n) is 6.92. The maximum Gasteiger partial charge on any atom is 0.346 e. The van der Waals surface area contributed by atoms with Crippen LogP contribution in [0.1, 0.15) is 47.1 Å². The second-order valence-corrected chi connectivity index (χ2v) is 11.5. The van der Waals surface area contributed by atoms with Gasteiger partial charge in [0.15, 0.2) is 0 Å². The molecule has 0 fully saturated rings. The van der Waals surface area contributed by atoms with E-state index in [4.69, 9.17) is 4.43 Å². The van der Waals surface area contributed by atoms with E-state index in [2.05, 4.69) is 41.5 Å². The number of hydrogen-bond donors (Lipinski definition) is 1. The lowest BCUT2D eigenvalue weighted by Crippen LogP contribution is -2.54. The Balaban J connectivity index is 2.89. The molecule has 0 saturated heterocycles. The smallest absolute Gasteiger partial charge is 0.346 e. The zero-order valence-corrected chi connectivity index (χ0v) is 13.4. The summed E-state index contributed by atoms with van der Waals surface area (Å²) in [5.41, 5.74) is 1.11. The van der Waals surface area contributed by atoms with Crippen LogP contribution in [0.25, 0.3) is 0 Å². The summed E-state index contributed by atoms with van der Waals surface area (Å²) < 4.78 is 6.04. The van der Waals surface area contributed by atoms with Gasteiger partial charge in [-0.3, -0.25) is 0 Å². The number of hydrogen-bond acceptors (Lipinski definition) is 2. The monoisotopic (exact) mass is 266 g/mol. The first-order chi connectivity index (χ1) is 8.08. The highest BCUT2D eigenvalue weighted by molar-refractivity contribution is 6.72. The van der Waals surface area contributed by atoms with Gasteiger partial charge in [0, 0.05) is 10.1 Å². The molecule has 0 saturated carbocycles. The number of benzene rings is 1. The minimum absolute atomic E-state index is 0.208. The highest BCUT2D eigenvalue weighted by atomic mass is 28.4. The van der Waals surface area contributed by atoms with Crippen molar-refractivity contribution >= 4 is 8.56 Å². The summed E-state index contributed by atoms with van der Waals surface area (Å²) in [4.78, 5) is 11.1. The van der Waals surface area contributed by atoms with Crippen LogP contribution in [0, 0.1) is 0 Å². The Bertz CT molecular complexity index is 360. The van der Waals surface area contributed by atoms with Gasteiger partial charge in [0.1, 0.15) is 0 Å². The van der Waals surface area contributed by atoms with Gasteiger partial charge in [-0.2, -0.15) is 0 Å². The Labute approximate surface area is 112 Å². The van der Waals surface area contributed by atoms with Crippen LogP contribution in [0.15, 0.2) is 30.3 Å². The standard InChI is InChI=1S/C15H26O2Si/c1-14(2,3)18(16,15(4,5)6)17-12-13-10-8-7-9-11-13/h7-11,16H,12H2,1-6H3. The van der Waals surface area contributed by atoms with Gasteiger partial charge in [-0.25, -0.2) is 0 Å². The van der Waals surface area contributed by atoms with Crippen LogP contribution in [0.2, 0.25) is 10.1 Å². The molecule has 3 heteroatoms. The summed E-state index contributed by atoms with van der Waals surface area (Å²) in [6.07, 6.45) is 0. The topological polar surface area (TPSA) is 29.5 Å². The largest absolute Gasteiger partial charge is 0.410 e. The van der Waals surface area contributed by atoms with Crippen LogP contribution in [0.4, 0.5) is 0 Å². The van der Waals surface area contributed by atoms with Crippen molar-refractivity contribution in [2.45, 2.75) is 58.2 Å². The SMILES string of the molecule is CC(C)(C)[Si](O)(OCc1ccccc1)C(C)(C)C. The maximum atomic E-state index is 11.1. The summed E-state index contributed by atoms with van der Waals surface area (Å²) in [6.45, 7) is 12.9. The zero-order valence-electron chi connectivity index (χ0n) is 12.4. The van der Waals surface area contributed by atoms with Gasteiger partial charge in [-0.1, -0.05) is 71.9 Å². The van der Waals surface area contributed by atoms with Gasteiger partial charge in [-0.05, 0) is 5.56 Å². The van der Waals surface area contributed by atoms with Crippen molar-refractivity contribution in [3.8, 4) is 0 Å². The fourth-order valence-corrected chi connectivity index (χ4v) is 5.81. The molecule has 0 atom stereocenters. The molecule has 0 amide bonds. The molecule has 0 unspecified atom stereocenters. The first-order valence-electron chi connectivity index (χ1n) is 6.48. The Morgan fingerprint density at radius 2 is 1.39 bits per heavy atom. The molecule has 0 aliphatic heterocycles. The van der Waals surface area contributed by atoms with Gasteiger partial charge < -0.3 is 9.22 Å². The Morgan fingerprint density at radius 1 is 0.944 bits per heavy atom. The predicted octanol–water partition coefficient (Wildman–Crippen LogP) is 4.24. The van der Waals surface area contributed by atoms with Gasteiger partial charge in [0.05, 0.1) is 6.61 Å². The van der Waals surface area contributed by atoms with Crippen molar-refractivity contribution in [2.75, 3.05) is 0 Å². The molecule has 0 aliphatic carbocycles. The van der Waals surface area contributed by atoms with E-state index in [1.165, 1.54) is 0 Å². The zero-order chi connectivity index (χ0) is 14.0. The molecule has 2 nitrogen and oxygen atoms in total. The fourth-order valence-electron chi connectivity index (χ4n) is 2.32. The van der Waals surface area contributed by atoms with Gasteiger partial charge in [0.25, 0.3) is 0 Å². The van der Waals surface area contributed by atoms with Crippen molar-refractivity contribution in [3.05, 3.63) is 35.9 Å². The third kappa shape index (κ3) is 3.22. The first-order valence-corrected chi connectivity index (χ1v) is 8.34. The lowest BCUT2D eigenvalue weighted by Gasteiger charge is -2.45. The molecule has 1 aromatic rings. The van der Waals surface area contributed by atoms with E-state index in [1.54, 1.807) is 0 Å². The molecule has 0 radical (unpaired) electrons. The molecule has 18 heavy (non-hydrogen) atoms. The van der Waals surface area contributed by atoms with Crippen molar-refractivity contribution in [2.24, 2.45) is 0 Å². The molecular weight excluding hydrogens is 240 g/mol. The Morgan fingerprint density at radius 3 is 1.78 bits per heavy atom. The molecule has 102 valence electrons. The van der Waals surface area contributed by atoms with E-state index >= 15 is 0 Å². The third-order valence-electron chi connectivity index (χ3n) is 3.32. The van der Waals surface area contributed by atoms with Crippen LogP contribution < -0.4 is 0 Å². The normalized spacial score (nSPS) is 13.7. The molecule has 1 rings (SSSR count). The van der Waals surface area contributed by atoms with E-state index in [9.17, 15) is 4.80 Å². The summed E-state index contributed by atoms with van der Waals surface area (Å²) in [6, 6.07) is 10.0. The fraction of sp³-hybridized carbons (Fsp3) is 0.600. The van der Waals surface area contributed by atoms with Crippen LogP contribution in [0.5, 0.6) is 0 Å². The summed E-state index contributed by atoms with van der Waals surface area (Å²) >= 11 is 0. The lowest BCUT2D eigenvalue weighted by atomic mass is 10.2.